The maximum Gasteiger partial charge on any atom is 0.0574 e. The summed E-state index contributed by atoms with van der Waals surface area (Å²) in [5.74, 6) is 0. The number of nitrogens with one attached hydrogen (secondary N) is 1. The van der Waals surface area contributed by atoms with Gasteiger partial charge in [-0.15, -0.1) is 0 Å². The zero-order valence-corrected chi connectivity index (χ0v) is 13.6. The summed E-state index contributed by atoms with van der Waals surface area (Å²) >= 11 is 2.36. The Kier molecular flexibility index (Phi) is 5.40. The number of aryl methyl sites for hydroxylation is 1. The van der Waals surface area contributed by atoms with Crippen LogP contribution >= 0.6 is 22.6 Å². The van der Waals surface area contributed by atoms with E-state index in [1.165, 1.54) is 26.7 Å². The van der Waals surface area contributed by atoms with Gasteiger partial charge in [0.1, 0.15) is 0 Å². The highest BCUT2D eigenvalue weighted by molar-refractivity contribution is 14.1. The molecule has 1 unspecified atom stereocenters. The zero-order chi connectivity index (χ0) is 13.7. The van der Waals surface area contributed by atoms with Crippen LogP contribution in [0.1, 0.15) is 36.1 Å². The molecule has 0 aliphatic rings. The predicted octanol–water partition coefficient (Wildman–Crippen LogP) is 4.55. The molecule has 0 fully saturated rings. The molecule has 2 aromatic rings. The van der Waals surface area contributed by atoms with E-state index >= 15 is 0 Å². The molecule has 0 aliphatic heterocycles. The summed E-state index contributed by atoms with van der Waals surface area (Å²) in [5, 5.41) is 3.41. The predicted molar refractivity (Wildman–Crippen MR) is 90.5 cm³/mol. The molecule has 0 radical (unpaired) electrons. The number of hydrogen-bond donors (Lipinski definition) is 1. The van der Waals surface area contributed by atoms with Crippen molar-refractivity contribution < 1.29 is 0 Å². The molecule has 0 bridgehead atoms. The Morgan fingerprint density at radius 1 is 1.05 bits per heavy atom. The second-order valence-corrected chi connectivity index (χ2v) is 6.01. The first-order valence-electron chi connectivity index (χ1n) is 6.76. The monoisotopic (exact) mass is 365 g/mol. The van der Waals surface area contributed by atoms with E-state index in [2.05, 4.69) is 83.4 Å². The standard InChI is InChI=1S/C17H20IN/c1-3-5-13-8-10-14(11-9-13)17(19-2)15-6-4-7-16(18)12-15/h4,6-12,17,19H,3,5H2,1-2H3. The highest BCUT2D eigenvalue weighted by Crippen LogP contribution is 2.23. The number of rotatable bonds is 5. The van der Waals surface area contributed by atoms with Crippen LogP contribution in [0.4, 0.5) is 0 Å². The van der Waals surface area contributed by atoms with Gasteiger partial charge in [0.05, 0.1) is 6.04 Å². The van der Waals surface area contributed by atoms with Crippen molar-refractivity contribution in [3.05, 3.63) is 68.8 Å². The van der Waals surface area contributed by atoms with Gasteiger partial charge in [-0.25, -0.2) is 0 Å². The molecule has 1 nitrogen and oxygen atoms in total. The van der Waals surface area contributed by atoms with Crippen LogP contribution in [0.15, 0.2) is 48.5 Å². The highest BCUT2D eigenvalue weighted by Gasteiger charge is 2.11. The second kappa shape index (κ2) is 7.06. The Morgan fingerprint density at radius 2 is 1.79 bits per heavy atom. The fourth-order valence-electron chi connectivity index (χ4n) is 2.38. The Balaban J connectivity index is 2.26. The lowest BCUT2D eigenvalue weighted by Gasteiger charge is -2.18. The van der Waals surface area contributed by atoms with Crippen LogP contribution in [-0.4, -0.2) is 7.05 Å². The lowest BCUT2D eigenvalue weighted by molar-refractivity contribution is 0.691. The second-order valence-electron chi connectivity index (χ2n) is 4.77. The maximum atomic E-state index is 3.41. The summed E-state index contributed by atoms with van der Waals surface area (Å²) in [6.45, 7) is 2.22. The summed E-state index contributed by atoms with van der Waals surface area (Å²) in [5.41, 5.74) is 4.06. The van der Waals surface area contributed by atoms with Gasteiger partial charge < -0.3 is 5.32 Å². The minimum Gasteiger partial charge on any atom is -0.309 e. The zero-order valence-electron chi connectivity index (χ0n) is 11.5. The van der Waals surface area contributed by atoms with Gasteiger partial charge in [0, 0.05) is 3.57 Å². The molecule has 19 heavy (non-hydrogen) atoms. The van der Waals surface area contributed by atoms with Crippen molar-refractivity contribution in [2.45, 2.75) is 25.8 Å². The maximum absolute atomic E-state index is 3.41. The van der Waals surface area contributed by atoms with Crippen LogP contribution in [0, 0.1) is 3.57 Å². The van der Waals surface area contributed by atoms with E-state index in [1.807, 2.05) is 7.05 Å². The van der Waals surface area contributed by atoms with Crippen molar-refractivity contribution in [2.24, 2.45) is 0 Å². The Labute approximate surface area is 129 Å². The van der Waals surface area contributed by atoms with Gasteiger partial charge in [0.25, 0.3) is 0 Å². The van der Waals surface area contributed by atoms with Crippen molar-refractivity contribution >= 4 is 22.6 Å². The first kappa shape index (κ1) is 14.5. The van der Waals surface area contributed by atoms with Crippen molar-refractivity contribution in [3.63, 3.8) is 0 Å². The molecule has 0 saturated heterocycles. The fraction of sp³-hybridized carbons (Fsp3) is 0.294. The fourth-order valence-corrected chi connectivity index (χ4v) is 2.94. The first-order chi connectivity index (χ1) is 9.24. The SMILES string of the molecule is CCCc1ccc(C(NC)c2cccc(I)c2)cc1. The van der Waals surface area contributed by atoms with Gasteiger partial charge in [0.2, 0.25) is 0 Å². The molecule has 1 N–H and O–H groups in total. The molecule has 0 amide bonds. The van der Waals surface area contributed by atoms with E-state index in [4.69, 9.17) is 0 Å². The van der Waals surface area contributed by atoms with Gasteiger partial charge in [-0.2, -0.15) is 0 Å². The van der Waals surface area contributed by atoms with E-state index in [0.29, 0.717) is 0 Å². The third-order valence-corrected chi connectivity index (χ3v) is 3.99. The first-order valence-corrected chi connectivity index (χ1v) is 7.84. The van der Waals surface area contributed by atoms with E-state index in [-0.39, 0.29) is 6.04 Å². The Hall–Kier alpha value is -0.870. The van der Waals surface area contributed by atoms with E-state index in [0.717, 1.165) is 6.42 Å². The molecule has 2 rings (SSSR count). The smallest absolute Gasteiger partial charge is 0.0574 e. The molecular weight excluding hydrogens is 345 g/mol. The summed E-state index contributed by atoms with van der Waals surface area (Å²) in [4.78, 5) is 0. The summed E-state index contributed by atoms with van der Waals surface area (Å²) < 4.78 is 1.28. The van der Waals surface area contributed by atoms with Crippen LogP contribution in [0.25, 0.3) is 0 Å². The van der Waals surface area contributed by atoms with Crippen LogP contribution in [0.2, 0.25) is 0 Å². The number of hydrogen-bond acceptors (Lipinski definition) is 1. The normalized spacial score (nSPS) is 12.4. The lowest BCUT2D eigenvalue weighted by Crippen LogP contribution is -2.17. The quantitative estimate of drug-likeness (QED) is 0.767. The number of benzene rings is 2. The average molecular weight is 365 g/mol. The summed E-state index contributed by atoms with van der Waals surface area (Å²) in [6.07, 6.45) is 2.36. The molecule has 0 aliphatic carbocycles. The van der Waals surface area contributed by atoms with Crippen molar-refractivity contribution in [3.8, 4) is 0 Å². The molecule has 100 valence electrons. The molecular formula is C17H20IN. The molecule has 1 atom stereocenters. The molecule has 0 saturated carbocycles. The van der Waals surface area contributed by atoms with Gasteiger partial charge in [0.15, 0.2) is 0 Å². The molecule has 2 heteroatoms. The van der Waals surface area contributed by atoms with E-state index in [9.17, 15) is 0 Å². The average Bonchev–Trinajstić information content (AvgIpc) is 2.42. The van der Waals surface area contributed by atoms with Gasteiger partial charge in [-0.3, -0.25) is 0 Å². The molecule has 0 spiro atoms. The van der Waals surface area contributed by atoms with Gasteiger partial charge in [-0.1, -0.05) is 49.7 Å². The molecule has 2 aromatic carbocycles. The van der Waals surface area contributed by atoms with E-state index in [1.54, 1.807) is 0 Å². The van der Waals surface area contributed by atoms with Crippen molar-refractivity contribution in [1.82, 2.24) is 5.32 Å². The molecule has 0 aromatic heterocycles. The Bertz CT molecular complexity index is 519. The summed E-state index contributed by atoms with van der Waals surface area (Å²) in [6, 6.07) is 17.9. The largest absolute Gasteiger partial charge is 0.309 e. The van der Waals surface area contributed by atoms with Crippen LogP contribution in [-0.2, 0) is 6.42 Å². The van der Waals surface area contributed by atoms with Crippen molar-refractivity contribution in [2.75, 3.05) is 7.05 Å². The third kappa shape index (κ3) is 3.80. The van der Waals surface area contributed by atoms with Crippen LogP contribution in [0.5, 0.6) is 0 Å². The molecule has 0 heterocycles. The minimum atomic E-state index is 0.269. The van der Waals surface area contributed by atoms with E-state index < -0.39 is 0 Å². The third-order valence-electron chi connectivity index (χ3n) is 3.32. The van der Waals surface area contributed by atoms with Crippen LogP contribution in [0.3, 0.4) is 0 Å². The highest BCUT2D eigenvalue weighted by atomic mass is 127. The number of halogens is 1. The van der Waals surface area contributed by atoms with Gasteiger partial charge >= 0.3 is 0 Å². The lowest BCUT2D eigenvalue weighted by atomic mass is 9.97. The summed E-state index contributed by atoms with van der Waals surface area (Å²) in [7, 11) is 2.02. The topological polar surface area (TPSA) is 12.0 Å². The van der Waals surface area contributed by atoms with Gasteiger partial charge in [-0.05, 0) is 64.9 Å². The minimum absolute atomic E-state index is 0.269. The van der Waals surface area contributed by atoms with Crippen LogP contribution < -0.4 is 5.32 Å². The Morgan fingerprint density at radius 3 is 2.37 bits per heavy atom. The van der Waals surface area contributed by atoms with Crippen molar-refractivity contribution in [1.29, 1.82) is 0 Å².